The van der Waals surface area contributed by atoms with Gasteiger partial charge in [0.05, 0.1) is 6.10 Å². The summed E-state index contributed by atoms with van der Waals surface area (Å²) in [5, 5.41) is 10.2. The number of aliphatic hydroxyl groups excluding tert-OH is 1. The smallest absolute Gasteiger partial charge is 0.0577 e. The van der Waals surface area contributed by atoms with Crippen LogP contribution in [-0.2, 0) is 0 Å². The number of aliphatic hydroxyl groups is 1. The molecule has 3 fully saturated rings. The third-order valence-corrected chi connectivity index (χ3v) is 9.86. The van der Waals surface area contributed by atoms with Gasteiger partial charge in [0.25, 0.3) is 0 Å². The van der Waals surface area contributed by atoms with E-state index in [0.29, 0.717) is 10.8 Å². The second-order valence-corrected chi connectivity index (χ2v) is 11.7. The second-order valence-electron chi connectivity index (χ2n) is 11.7. The van der Waals surface area contributed by atoms with Crippen molar-refractivity contribution in [1.82, 2.24) is 0 Å². The maximum atomic E-state index is 10.2. The molecule has 1 heteroatoms. The molecule has 4 aliphatic rings. The van der Waals surface area contributed by atoms with E-state index in [4.69, 9.17) is 0 Å². The summed E-state index contributed by atoms with van der Waals surface area (Å²) < 4.78 is 0. The van der Waals surface area contributed by atoms with Gasteiger partial charge in [-0.2, -0.15) is 0 Å². The summed E-state index contributed by atoms with van der Waals surface area (Å²) in [4.78, 5) is 0. The van der Waals surface area contributed by atoms with Gasteiger partial charge < -0.3 is 5.11 Å². The Morgan fingerprint density at radius 2 is 1.85 bits per heavy atom. The van der Waals surface area contributed by atoms with Crippen LogP contribution in [0.5, 0.6) is 0 Å². The molecular weight excluding hydrogens is 328 g/mol. The molecule has 7 atom stereocenters. The Hall–Kier alpha value is -0.300. The molecule has 154 valence electrons. The van der Waals surface area contributed by atoms with Crippen molar-refractivity contribution >= 4 is 0 Å². The largest absolute Gasteiger partial charge is 0.393 e. The summed E-state index contributed by atoms with van der Waals surface area (Å²) in [6.07, 6.45) is 18.7. The highest BCUT2D eigenvalue weighted by Gasteiger charge is 2.58. The van der Waals surface area contributed by atoms with Crippen molar-refractivity contribution in [2.45, 2.75) is 111 Å². The zero-order valence-corrected chi connectivity index (χ0v) is 18.5. The Morgan fingerprint density at radius 1 is 1.04 bits per heavy atom. The fourth-order valence-corrected chi connectivity index (χ4v) is 8.17. The summed E-state index contributed by atoms with van der Waals surface area (Å²) in [5.74, 6) is 4.64. The molecule has 1 nitrogen and oxygen atoms in total. The van der Waals surface area contributed by atoms with Gasteiger partial charge in [-0.3, -0.25) is 0 Å². The number of hydrogen-bond donors (Lipinski definition) is 1. The Morgan fingerprint density at radius 3 is 2.63 bits per heavy atom. The van der Waals surface area contributed by atoms with E-state index in [1.54, 1.807) is 5.57 Å². The van der Waals surface area contributed by atoms with Gasteiger partial charge in [-0.15, -0.1) is 0 Å². The summed E-state index contributed by atoms with van der Waals surface area (Å²) in [6.45, 7) is 9.97. The molecule has 0 radical (unpaired) electrons. The lowest BCUT2D eigenvalue weighted by Crippen LogP contribution is -2.50. The molecule has 6 unspecified atom stereocenters. The zero-order chi connectivity index (χ0) is 19.2. The van der Waals surface area contributed by atoms with Crippen molar-refractivity contribution < 1.29 is 5.11 Å². The maximum absolute atomic E-state index is 10.2. The number of rotatable bonds is 5. The van der Waals surface area contributed by atoms with Crippen molar-refractivity contribution in [2.75, 3.05) is 0 Å². The lowest BCUT2D eigenvalue weighted by atomic mass is 9.47. The standard InChI is InChI=1S/C26H44O/c1-18(2)7-5-6-8-19-10-12-23-22-11-9-20-17-21(27)13-15-26(20,4)24(22)14-16-25(19,23)3/h9,18-19,21-24,27H,5-8,10-17H2,1-4H3/t19?,21?,22?,23?,24-,25?,26?/m0/s1. The first-order valence-electron chi connectivity index (χ1n) is 12.2. The fraction of sp³-hybridized carbons (Fsp3) is 0.923. The topological polar surface area (TPSA) is 20.2 Å². The minimum atomic E-state index is -0.0727. The van der Waals surface area contributed by atoms with Crippen molar-refractivity contribution in [3.05, 3.63) is 11.6 Å². The Labute approximate surface area is 168 Å². The quantitative estimate of drug-likeness (QED) is 0.401. The molecule has 0 aromatic rings. The van der Waals surface area contributed by atoms with Crippen LogP contribution in [0.1, 0.15) is 105 Å². The highest BCUT2D eigenvalue weighted by molar-refractivity contribution is 5.25. The molecule has 0 saturated heterocycles. The number of unbranched alkanes of at least 4 members (excludes halogenated alkanes) is 1. The van der Waals surface area contributed by atoms with Crippen LogP contribution in [0, 0.1) is 40.4 Å². The molecule has 3 saturated carbocycles. The van der Waals surface area contributed by atoms with Gasteiger partial charge in [0, 0.05) is 0 Å². The van der Waals surface area contributed by atoms with Crippen molar-refractivity contribution in [2.24, 2.45) is 40.4 Å². The Bertz CT molecular complexity index is 563. The van der Waals surface area contributed by atoms with E-state index in [1.165, 1.54) is 64.2 Å². The van der Waals surface area contributed by atoms with Gasteiger partial charge in [0.15, 0.2) is 0 Å². The van der Waals surface area contributed by atoms with Crippen molar-refractivity contribution in [3.8, 4) is 0 Å². The third kappa shape index (κ3) is 3.45. The molecule has 0 spiro atoms. The third-order valence-electron chi connectivity index (χ3n) is 9.86. The highest BCUT2D eigenvalue weighted by atomic mass is 16.3. The van der Waals surface area contributed by atoms with Crippen LogP contribution in [-0.4, -0.2) is 11.2 Å². The lowest BCUT2D eigenvalue weighted by molar-refractivity contribution is -0.0508. The first-order valence-corrected chi connectivity index (χ1v) is 12.2. The summed E-state index contributed by atoms with van der Waals surface area (Å²) in [6, 6.07) is 0. The zero-order valence-electron chi connectivity index (χ0n) is 18.5. The van der Waals surface area contributed by atoms with Crippen LogP contribution in [0.25, 0.3) is 0 Å². The monoisotopic (exact) mass is 372 g/mol. The molecule has 0 heterocycles. The molecule has 0 aliphatic heterocycles. The minimum Gasteiger partial charge on any atom is -0.393 e. The highest BCUT2D eigenvalue weighted by Crippen LogP contribution is 2.66. The van der Waals surface area contributed by atoms with Gasteiger partial charge in [0.1, 0.15) is 0 Å². The fourth-order valence-electron chi connectivity index (χ4n) is 8.17. The molecule has 4 rings (SSSR count). The number of hydrogen-bond acceptors (Lipinski definition) is 1. The van der Waals surface area contributed by atoms with E-state index in [0.717, 1.165) is 42.4 Å². The molecule has 0 bridgehead atoms. The van der Waals surface area contributed by atoms with Crippen LogP contribution in [0.15, 0.2) is 11.6 Å². The van der Waals surface area contributed by atoms with Crippen molar-refractivity contribution in [3.63, 3.8) is 0 Å². The average molecular weight is 373 g/mol. The van der Waals surface area contributed by atoms with Gasteiger partial charge >= 0.3 is 0 Å². The normalized spacial score (nSPS) is 46.6. The van der Waals surface area contributed by atoms with Gasteiger partial charge in [-0.25, -0.2) is 0 Å². The molecule has 0 amide bonds. The minimum absolute atomic E-state index is 0.0727. The van der Waals surface area contributed by atoms with Gasteiger partial charge in [0.2, 0.25) is 0 Å². The summed E-state index contributed by atoms with van der Waals surface area (Å²) in [5.41, 5.74) is 2.64. The number of fused-ring (bicyclic) bond motifs is 5. The first-order chi connectivity index (χ1) is 12.8. The lowest BCUT2D eigenvalue weighted by Gasteiger charge is -2.58. The molecule has 0 aromatic carbocycles. The SMILES string of the molecule is CC(C)CCCCC1CCC2C3CC=C4CC(O)CCC4(C)[C@H]3CCC12C. The van der Waals surface area contributed by atoms with E-state index < -0.39 is 0 Å². The first kappa shape index (κ1) is 20.0. The Balaban J connectivity index is 1.46. The predicted molar refractivity (Wildman–Crippen MR) is 115 cm³/mol. The van der Waals surface area contributed by atoms with E-state index in [-0.39, 0.29) is 6.10 Å². The summed E-state index contributed by atoms with van der Waals surface area (Å²) >= 11 is 0. The number of allylic oxidation sites excluding steroid dienone is 1. The Kier molecular flexibility index (Phi) is 5.56. The van der Waals surface area contributed by atoms with E-state index >= 15 is 0 Å². The predicted octanol–water partition coefficient (Wildman–Crippen LogP) is 7.14. The molecule has 4 aliphatic carbocycles. The van der Waals surface area contributed by atoms with Crippen LogP contribution >= 0.6 is 0 Å². The van der Waals surface area contributed by atoms with Crippen LogP contribution in [0.4, 0.5) is 0 Å². The molecular formula is C26H44O. The summed E-state index contributed by atoms with van der Waals surface area (Å²) in [7, 11) is 0. The van der Waals surface area contributed by atoms with E-state index in [9.17, 15) is 5.11 Å². The molecule has 27 heavy (non-hydrogen) atoms. The van der Waals surface area contributed by atoms with Gasteiger partial charge in [-0.1, -0.05) is 58.6 Å². The molecule has 1 N–H and O–H groups in total. The van der Waals surface area contributed by atoms with Crippen molar-refractivity contribution in [1.29, 1.82) is 0 Å². The van der Waals surface area contributed by atoms with Gasteiger partial charge in [-0.05, 0) is 98.2 Å². The van der Waals surface area contributed by atoms with E-state index in [2.05, 4.69) is 33.8 Å². The second kappa shape index (κ2) is 7.51. The molecule has 0 aromatic heterocycles. The van der Waals surface area contributed by atoms with E-state index in [1.807, 2.05) is 0 Å². The van der Waals surface area contributed by atoms with Crippen LogP contribution in [0.2, 0.25) is 0 Å². The maximum Gasteiger partial charge on any atom is 0.0577 e. The average Bonchev–Trinajstić information content (AvgIpc) is 2.96. The van der Waals surface area contributed by atoms with Crippen LogP contribution in [0.3, 0.4) is 0 Å². The van der Waals surface area contributed by atoms with Crippen LogP contribution < -0.4 is 0 Å².